The molecule has 3 aliphatic heterocycles. The van der Waals surface area contributed by atoms with Crippen LogP contribution < -0.4 is 10.7 Å². The SMILES string of the molecule is CNCC1=CC(C2C(C3=CC=NCC3C)=NC3CC(F)=CCC34CC3CC3NN=C24)CCC=C1. The highest BCUT2D eigenvalue weighted by molar-refractivity contribution is 6.20. The van der Waals surface area contributed by atoms with Gasteiger partial charge in [-0.05, 0) is 68.2 Å². The Balaban J connectivity index is 1.52. The first-order valence-electron chi connectivity index (χ1n) is 13.1. The second-order valence-corrected chi connectivity index (χ2v) is 11.1. The second kappa shape index (κ2) is 8.71. The van der Waals surface area contributed by atoms with Gasteiger partial charge in [0.15, 0.2) is 0 Å². The highest BCUT2D eigenvalue weighted by Crippen LogP contribution is 2.56. The molecule has 1 spiro atoms. The van der Waals surface area contributed by atoms with Crippen LogP contribution in [0, 0.1) is 29.1 Å². The molecule has 0 bridgehead atoms. The van der Waals surface area contributed by atoms with E-state index < -0.39 is 0 Å². The van der Waals surface area contributed by atoms with E-state index in [0.29, 0.717) is 36.6 Å². The Morgan fingerprint density at radius 1 is 1.32 bits per heavy atom. The number of halogens is 1. The first kappa shape index (κ1) is 22.1. The van der Waals surface area contributed by atoms with Gasteiger partial charge in [0.05, 0.1) is 17.6 Å². The number of dihydropyridines is 1. The van der Waals surface area contributed by atoms with Gasteiger partial charge in [-0.2, -0.15) is 5.10 Å². The normalized spacial score (nSPS) is 40.6. The molecule has 0 aromatic rings. The quantitative estimate of drug-likeness (QED) is 0.645. The van der Waals surface area contributed by atoms with Gasteiger partial charge >= 0.3 is 0 Å². The van der Waals surface area contributed by atoms with Gasteiger partial charge in [0.1, 0.15) is 0 Å². The highest BCUT2D eigenvalue weighted by Gasteiger charge is 2.58. The van der Waals surface area contributed by atoms with E-state index in [1.54, 1.807) is 0 Å². The Morgan fingerprint density at radius 2 is 2.24 bits per heavy atom. The monoisotopic (exact) mass is 461 g/mol. The van der Waals surface area contributed by atoms with E-state index in [9.17, 15) is 4.39 Å². The van der Waals surface area contributed by atoms with Crippen LogP contribution in [0.5, 0.6) is 0 Å². The molecule has 7 atom stereocenters. The highest BCUT2D eigenvalue weighted by atomic mass is 19.1. The van der Waals surface area contributed by atoms with Gasteiger partial charge in [0, 0.05) is 54.7 Å². The molecule has 7 unspecified atom stereocenters. The molecule has 0 amide bonds. The number of aliphatic imine (C=N–C) groups is 2. The fraction of sp³-hybridized carbons (Fsp3) is 0.607. The average molecular weight is 462 g/mol. The summed E-state index contributed by atoms with van der Waals surface area (Å²) in [6.07, 6.45) is 18.4. The van der Waals surface area contributed by atoms with E-state index in [2.05, 4.69) is 47.0 Å². The Hall–Kier alpha value is -2.34. The molecule has 1 fully saturated rings. The van der Waals surface area contributed by atoms with Crippen LogP contribution in [0.4, 0.5) is 4.39 Å². The third kappa shape index (κ3) is 3.74. The van der Waals surface area contributed by atoms with Crippen molar-refractivity contribution < 1.29 is 4.39 Å². The van der Waals surface area contributed by atoms with E-state index in [1.165, 1.54) is 23.3 Å². The molecule has 3 aliphatic carbocycles. The Morgan fingerprint density at radius 3 is 3.09 bits per heavy atom. The molecule has 0 radical (unpaired) electrons. The predicted molar refractivity (Wildman–Crippen MR) is 137 cm³/mol. The predicted octanol–water partition coefficient (Wildman–Crippen LogP) is 4.56. The lowest BCUT2D eigenvalue weighted by Crippen LogP contribution is -2.54. The minimum atomic E-state index is -0.171. The lowest BCUT2D eigenvalue weighted by molar-refractivity contribution is 0.248. The van der Waals surface area contributed by atoms with Crippen molar-refractivity contribution in [2.24, 2.45) is 44.2 Å². The third-order valence-corrected chi connectivity index (χ3v) is 8.81. The molecule has 34 heavy (non-hydrogen) atoms. The molecule has 0 aromatic carbocycles. The molecule has 5 nitrogen and oxygen atoms in total. The summed E-state index contributed by atoms with van der Waals surface area (Å²) < 4.78 is 14.7. The van der Waals surface area contributed by atoms with E-state index >= 15 is 0 Å². The number of fused-ring (bicyclic) bond motifs is 1. The minimum absolute atomic E-state index is 0.0109. The van der Waals surface area contributed by atoms with E-state index in [1.807, 2.05) is 19.3 Å². The zero-order chi connectivity index (χ0) is 23.3. The molecule has 6 rings (SSSR count). The van der Waals surface area contributed by atoms with E-state index in [4.69, 9.17) is 10.1 Å². The van der Waals surface area contributed by atoms with Crippen LogP contribution in [0.3, 0.4) is 0 Å². The van der Waals surface area contributed by atoms with Crippen LogP contribution >= 0.6 is 0 Å². The van der Waals surface area contributed by atoms with Crippen molar-refractivity contribution in [3.63, 3.8) is 0 Å². The van der Waals surface area contributed by atoms with Gasteiger partial charge in [0.2, 0.25) is 0 Å². The maximum Gasteiger partial charge on any atom is 0.0981 e. The van der Waals surface area contributed by atoms with E-state index in [-0.39, 0.29) is 23.2 Å². The maximum absolute atomic E-state index is 14.7. The van der Waals surface area contributed by atoms with Gasteiger partial charge in [-0.3, -0.25) is 9.98 Å². The molecule has 180 valence electrons. The first-order valence-corrected chi connectivity index (χ1v) is 13.1. The zero-order valence-electron chi connectivity index (χ0n) is 20.3. The van der Waals surface area contributed by atoms with Crippen molar-refractivity contribution in [2.75, 3.05) is 20.1 Å². The van der Waals surface area contributed by atoms with Crippen molar-refractivity contribution in [1.29, 1.82) is 0 Å². The molecule has 6 heteroatoms. The second-order valence-electron chi connectivity index (χ2n) is 11.1. The Kier molecular flexibility index (Phi) is 5.67. The molecule has 0 saturated heterocycles. The van der Waals surface area contributed by atoms with Gasteiger partial charge in [-0.25, -0.2) is 4.39 Å². The number of allylic oxidation sites excluding steroid dienone is 4. The van der Waals surface area contributed by atoms with Crippen molar-refractivity contribution in [3.05, 3.63) is 47.4 Å². The molecule has 0 aromatic heterocycles. The third-order valence-electron chi connectivity index (χ3n) is 8.81. The summed E-state index contributed by atoms with van der Waals surface area (Å²) in [5.74, 6) is 1.35. The largest absolute Gasteiger partial charge is 0.316 e. The number of nitrogens with zero attached hydrogens (tertiary/aromatic N) is 3. The molecule has 2 N–H and O–H groups in total. The summed E-state index contributed by atoms with van der Waals surface area (Å²) in [6.45, 7) is 3.88. The smallest absolute Gasteiger partial charge is 0.0981 e. The Labute approximate surface area is 202 Å². The number of rotatable bonds is 4. The molecule has 3 heterocycles. The molecule has 1 saturated carbocycles. The minimum Gasteiger partial charge on any atom is -0.316 e. The molecular weight excluding hydrogens is 425 g/mol. The number of hydrazone groups is 1. The number of nitrogens with one attached hydrogen (secondary N) is 2. The summed E-state index contributed by atoms with van der Waals surface area (Å²) >= 11 is 0. The summed E-state index contributed by atoms with van der Waals surface area (Å²) in [5.41, 5.74) is 8.33. The van der Waals surface area contributed by atoms with Crippen LogP contribution in [0.25, 0.3) is 0 Å². The fourth-order valence-corrected chi connectivity index (χ4v) is 6.91. The van der Waals surface area contributed by atoms with Gasteiger partial charge < -0.3 is 10.7 Å². The van der Waals surface area contributed by atoms with Crippen LogP contribution in [-0.2, 0) is 0 Å². The van der Waals surface area contributed by atoms with E-state index in [0.717, 1.165) is 38.1 Å². The number of hydrogen-bond acceptors (Lipinski definition) is 5. The average Bonchev–Trinajstić information content (AvgIpc) is 3.61. The van der Waals surface area contributed by atoms with Crippen LogP contribution in [0.2, 0.25) is 0 Å². The van der Waals surface area contributed by atoms with Gasteiger partial charge in [-0.15, -0.1) is 0 Å². The van der Waals surface area contributed by atoms with Crippen LogP contribution in [-0.4, -0.2) is 49.9 Å². The summed E-state index contributed by atoms with van der Waals surface area (Å²) in [6, 6.07) is 0.402. The van der Waals surface area contributed by atoms with Crippen molar-refractivity contribution in [1.82, 2.24) is 10.7 Å². The summed E-state index contributed by atoms with van der Waals surface area (Å²) in [4.78, 5) is 9.99. The summed E-state index contributed by atoms with van der Waals surface area (Å²) in [7, 11) is 2.00. The zero-order valence-corrected chi connectivity index (χ0v) is 20.3. The molecular formula is C28H36FN5. The topological polar surface area (TPSA) is 61.1 Å². The van der Waals surface area contributed by atoms with Crippen LogP contribution in [0.1, 0.15) is 45.4 Å². The standard InChI is InChI=1S/C28H36FN5/c1-17-15-31-10-8-22(17)26-25(19-6-4-3-5-18(11-19)16-30-2)27-28(14-20-12-23(20)33-34-27)9-7-21(29)13-24(28)32-26/h3,5,7-8,10-11,17,19-20,23-25,30,33H,4,6,9,12-16H2,1-2H3. The number of likely N-dealkylation sites (N-methyl/N-ethyl adjacent to an activating group) is 1. The van der Waals surface area contributed by atoms with Crippen molar-refractivity contribution in [3.8, 4) is 0 Å². The van der Waals surface area contributed by atoms with Gasteiger partial charge in [0.25, 0.3) is 0 Å². The Bertz CT molecular complexity index is 1060. The summed E-state index contributed by atoms with van der Waals surface area (Å²) in [5, 5.41) is 8.53. The molecule has 6 aliphatic rings. The fourth-order valence-electron chi connectivity index (χ4n) is 6.91. The van der Waals surface area contributed by atoms with Crippen molar-refractivity contribution in [2.45, 2.75) is 57.5 Å². The lowest BCUT2D eigenvalue weighted by atomic mass is 9.58. The first-order chi connectivity index (χ1) is 16.6. The van der Waals surface area contributed by atoms with Crippen molar-refractivity contribution >= 4 is 17.6 Å². The number of hydrogen-bond donors (Lipinski definition) is 2. The lowest BCUT2D eigenvalue weighted by Gasteiger charge is -2.49. The van der Waals surface area contributed by atoms with Crippen LogP contribution in [0.15, 0.2) is 62.4 Å². The van der Waals surface area contributed by atoms with Gasteiger partial charge in [-0.1, -0.05) is 31.2 Å². The maximum atomic E-state index is 14.7.